The molecule has 0 unspecified atom stereocenters. The Kier molecular flexibility index (Phi) is 12.8. The standard InChI is InChI=1S/C27H32N2O8S/c1-18(2)14-24(29-25(32)23(28-17-31)12-13-38-3)26(33)36-21-10-6-20(7-11-21)16-35-27(34)37-22-8-4-19(15-30)5-9-22/h4-11,15,17-18,23-24H,12-14,16H2,1-3H3,(H,28,31)(H,29,32)/t23-,24-/m0/s1. The van der Waals surface area contributed by atoms with Crippen LogP contribution in [-0.4, -0.2) is 54.8 Å². The zero-order valence-corrected chi connectivity index (χ0v) is 22.3. The molecule has 0 fully saturated rings. The van der Waals surface area contributed by atoms with E-state index in [1.54, 1.807) is 36.0 Å². The third kappa shape index (κ3) is 10.6. The minimum atomic E-state index is -0.911. The van der Waals surface area contributed by atoms with Crippen LogP contribution in [0.4, 0.5) is 4.79 Å². The fraction of sp³-hybridized carbons (Fsp3) is 0.370. The molecule has 0 heterocycles. The van der Waals surface area contributed by atoms with E-state index in [1.165, 1.54) is 24.3 Å². The van der Waals surface area contributed by atoms with Gasteiger partial charge in [-0.3, -0.25) is 14.4 Å². The molecule has 2 aromatic rings. The molecular formula is C27H32N2O8S. The van der Waals surface area contributed by atoms with Crippen molar-refractivity contribution in [3.8, 4) is 11.5 Å². The number of nitrogens with one attached hydrogen (secondary N) is 2. The maximum atomic E-state index is 12.9. The molecule has 2 aromatic carbocycles. The maximum absolute atomic E-state index is 12.9. The lowest BCUT2D eigenvalue weighted by Gasteiger charge is -2.22. The summed E-state index contributed by atoms with van der Waals surface area (Å²) in [6.45, 7) is 3.76. The number of carbonyl (C=O) groups is 5. The van der Waals surface area contributed by atoms with E-state index in [2.05, 4.69) is 10.6 Å². The van der Waals surface area contributed by atoms with Crippen LogP contribution in [-0.2, 0) is 25.7 Å². The van der Waals surface area contributed by atoms with Gasteiger partial charge >= 0.3 is 12.1 Å². The van der Waals surface area contributed by atoms with Gasteiger partial charge in [-0.2, -0.15) is 11.8 Å². The Labute approximate surface area is 225 Å². The highest BCUT2D eigenvalue weighted by atomic mass is 32.2. The quantitative estimate of drug-likeness (QED) is 0.149. The van der Waals surface area contributed by atoms with Crippen molar-refractivity contribution in [3.63, 3.8) is 0 Å². The lowest BCUT2D eigenvalue weighted by Crippen LogP contribution is -2.51. The molecule has 0 aliphatic carbocycles. The zero-order valence-electron chi connectivity index (χ0n) is 21.5. The Morgan fingerprint density at radius 1 is 0.921 bits per heavy atom. The smallest absolute Gasteiger partial charge is 0.429 e. The molecule has 11 heteroatoms. The highest BCUT2D eigenvalue weighted by Crippen LogP contribution is 2.17. The molecule has 0 saturated carbocycles. The Morgan fingerprint density at radius 2 is 1.55 bits per heavy atom. The molecule has 0 radical (unpaired) electrons. The largest absolute Gasteiger partial charge is 0.514 e. The van der Waals surface area contributed by atoms with Gasteiger partial charge in [0.2, 0.25) is 12.3 Å². The fourth-order valence-corrected chi connectivity index (χ4v) is 3.76. The van der Waals surface area contributed by atoms with Crippen LogP contribution in [0, 0.1) is 5.92 Å². The van der Waals surface area contributed by atoms with E-state index in [9.17, 15) is 24.0 Å². The van der Waals surface area contributed by atoms with Crippen LogP contribution in [0.3, 0.4) is 0 Å². The molecule has 0 aromatic heterocycles. The number of ether oxygens (including phenoxy) is 3. The van der Waals surface area contributed by atoms with Crippen molar-refractivity contribution in [1.29, 1.82) is 0 Å². The van der Waals surface area contributed by atoms with Crippen molar-refractivity contribution in [2.45, 2.75) is 45.4 Å². The first kappa shape index (κ1) is 30.4. The molecular weight excluding hydrogens is 512 g/mol. The summed E-state index contributed by atoms with van der Waals surface area (Å²) < 4.78 is 15.6. The molecule has 0 spiro atoms. The second kappa shape index (κ2) is 16.1. The van der Waals surface area contributed by atoms with Crippen LogP contribution in [0.15, 0.2) is 48.5 Å². The lowest BCUT2D eigenvalue weighted by molar-refractivity contribution is -0.140. The number of benzene rings is 2. The van der Waals surface area contributed by atoms with E-state index >= 15 is 0 Å². The van der Waals surface area contributed by atoms with Gasteiger partial charge in [-0.15, -0.1) is 0 Å². The molecule has 2 rings (SSSR count). The average molecular weight is 545 g/mol. The summed E-state index contributed by atoms with van der Waals surface area (Å²) in [5, 5.41) is 5.19. The highest BCUT2D eigenvalue weighted by Gasteiger charge is 2.27. The summed E-state index contributed by atoms with van der Waals surface area (Å²) in [6, 6.07) is 10.7. The van der Waals surface area contributed by atoms with Crippen molar-refractivity contribution < 1.29 is 38.2 Å². The van der Waals surface area contributed by atoms with E-state index in [0.29, 0.717) is 42.4 Å². The monoisotopic (exact) mass is 544 g/mol. The van der Waals surface area contributed by atoms with Crippen molar-refractivity contribution in [3.05, 3.63) is 59.7 Å². The SMILES string of the molecule is CSCC[C@H](NC=O)C(=O)N[C@@H](CC(C)C)C(=O)Oc1ccc(COC(=O)Oc2ccc(C=O)cc2)cc1. The van der Waals surface area contributed by atoms with Gasteiger partial charge < -0.3 is 24.8 Å². The minimum absolute atomic E-state index is 0.0767. The van der Waals surface area contributed by atoms with Gasteiger partial charge in [-0.25, -0.2) is 9.59 Å². The van der Waals surface area contributed by atoms with Gasteiger partial charge in [0.05, 0.1) is 0 Å². The van der Waals surface area contributed by atoms with Crippen molar-refractivity contribution in [2.24, 2.45) is 5.92 Å². The van der Waals surface area contributed by atoms with E-state index < -0.39 is 30.1 Å². The van der Waals surface area contributed by atoms with E-state index in [0.717, 1.165) is 0 Å². The number of esters is 1. The molecule has 0 saturated heterocycles. The van der Waals surface area contributed by atoms with Gasteiger partial charge in [0, 0.05) is 5.56 Å². The molecule has 2 atom stereocenters. The van der Waals surface area contributed by atoms with Gasteiger partial charge in [-0.05, 0) is 72.7 Å². The summed E-state index contributed by atoms with van der Waals surface area (Å²) in [5.74, 6) is 0.176. The Hall–Kier alpha value is -3.86. The predicted molar refractivity (Wildman–Crippen MR) is 142 cm³/mol. The van der Waals surface area contributed by atoms with Crippen LogP contribution in [0.1, 0.15) is 42.6 Å². The molecule has 0 aliphatic heterocycles. The van der Waals surface area contributed by atoms with Gasteiger partial charge in [0.25, 0.3) is 0 Å². The number of aldehydes is 1. The lowest BCUT2D eigenvalue weighted by atomic mass is 10.0. The third-order valence-corrected chi connectivity index (χ3v) is 5.86. The summed E-state index contributed by atoms with van der Waals surface area (Å²) in [4.78, 5) is 59.0. The number of carbonyl (C=O) groups excluding carboxylic acids is 5. The minimum Gasteiger partial charge on any atom is -0.429 e. The normalized spacial score (nSPS) is 12.1. The molecule has 2 N–H and O–H groups in total. The van der Waals surface area contributed by atoms with Crippen LogP contribution in [0.2, 0.25) is 0 Å². The molecule has 10 nitrogen and oxygen atoms in total. The highest BCUT2D eigenvalue weighted by molar-refractivity contribution is 7.98. The summed E-state index contributed by atoms with van der Waals surface area (Å²) in [7, 11) is 0. The molecule has 38 heavy (non-hydrogen) atoms. The zero-order chi connectivity index (χ0) is 27.9. The second-order valence-corrected chi connectivity index (χ2v) is 9.69. The van der Waals surface area contributed by atoms with Crippen molar-refractivity contribution in [1.82, 2.24) is 10.6 Å². The van der Waals surface area contributed by atoms with Crippen molar-refractivity contribution in [2.75, 3.05) is 12.0 Å². The van der Waals surface area contributed by atoms with Gasteiger partial charge in [0.1, 0.15) is 36.5 Å². The van der Waals surface area contributed by atoms with E-state index in [1.807, 2.05) is 20.1 Å². The number of amides is 2. The Bertz CT molecular complexity index is 1070. The third-order valence-electron chi connectivity index (χ3n) is 5.22. The fourth-order valence-electron chi connectivity index (χ4n) is 3.29. The van der Waals surface area contributed by atoms with Crippen LogP contribution >= 0.6 is 11.8 Å². The number of thioether (sulfide) groups is 1. The second-order valence-electron chi connectivity index (χ2n) is 8.70. The van der Waals surface area contributed by atoms with Crippen LogP contribution < -0.4 is 20.1 Å². The van der Waals surface area contributed by atoms with Crippen LogP contribution in [0.25, 0.3) is 0 Å². The summed E-state index contributed by atoms with van der Waals surface area (Å²) in [6.07, 6.45) is 2.92. The number of hydrogen-bond acceptors (Lipinski definition) is 9. The molecule has 204 valence electrons. The topological polar surface area (TPSA) is 137 Å². The molecule has 2 amide bonds. The first-order valence-corrected chi connectivity index (χ1v) is 13.3. The van der Waals surface area contributed by atoms with E-state index in [4.69, 9.17) is 14.2 Å². The Balaban J connectivity index is 1.92. The van der Waals surface area contributed by atoms with Gasteiger partial charge in [0.15, 0.2) is 0 Å². The summed E-state index contributed by atoms with van der Waals surface area (Å²) >= 11 is 1.55. The molecule has 0 aliphatic rings. The van der Waals surface area contributed by atoms with Crippen molar-refractivity contribution >= 4 is 42.5 Å². The average Bonchev–Trinajstić information content (AvgIpc) is 2.90. The van der Waals surface area contributed by atoms with Crippen LogP contribution in [0.5, 0.6) is 11.5 Å². The van der Waals surface area contributed by atoms with Gasteiger partial charge in [-0.1, -0.05) is 26.0 Å². The first-order valence-electron chi connectivity index (χ1n) is 11.9. The first-order chi connectivity index (χ1) is 18.2. The maximum Gasteiger partial charge on any atom is 0.514 e. The van der Waals surface area contributed by atoms with E-state index in [-0.39, 0.29) is 24.0 Å². The predicted octanol–water partition coefficient (Wildman–Crippen LogP) is 3.52. The number of rotatable bonds is 15. The molecule has 0 bridgehead atoms. The number of hydrogen-bond donors (Lipinski definition) is 2. The Morgan fingerprint density at radius 3 is 2.13 bits per heavy atom. The summed E-state index contributed by atoms with van der Waals surface area (Å²) in [5.41, 5.74) is 1.08.